The molecule has 0 radical (unpaired) electrons. The van der Waals surface area contributed by atoms with Crippen molar-refractivity contribution in [2.75, 3.05) is 14.2 Å². The highest BCUT2D eigenvalue weighted by atomic mass is 16.5. The summed E-state index contributed by atoms with van der Waals surface area (Å²) in [7, 11) is 3.82. The minimum atomic E-state index is 0.0500. The highest BCUT2D eigenvalue weighted by molar-refractivity contribution is 5.97. The number of amidine groups is 1. The van der Waals surface area contributed by atoms with Gasteiger partial charge in [0.15, 0.2) is 0 Å². The molecule has 1 aliphatic rings. The van der Waals surface area contributed by atoms with Crippen molar-refractivity contribution in [1.82, 2.24) is 4.90 Å². The molecule has 0 bridgehead atoms. The maximum atomic E-state index is 7.54. The van der Waals surface area contributed by atoms with Crippen LogP contribution in [-0.4, -0.2) is 30.9 Å². The van der Waals surface area contributed by atoms with Crippen LogP contribution in [0.4, 0.5) is 0 Å². The van der Waals surface area contributed by atoms with Gasteiger partial charge in [0.05, 0.1) is 12.7 Å². The van der Waals surface area contributed by atoms with Crippen molar-refractivity contribution in [2.45, 2.75) is 44.7 Å². The lowest BCUT2D eigenvalue weighted by Gasteiger charge is -2.31. The number of nitrogens with two attached hydrogens (primary N) is 1. The van der Waals surface area contributed by atoms with E-state index >= 15 is 0 Å². The van der Waals surface area contributed by atoms with E-state index in [1.165, 1.54) is 37.7 Å². The number of nitrogen functional groups attached to an aromatic ring is 1. The molecule has 4 heteroatoms. The SMILES string of the molecule is COc1cc(CN(C)C2CCCCC2)ccc1C(=N)N. The van der Waals surface area contributed by atoms with E-state index in [9.17, 15) is 0 Å². The molecule has 20 heavy (non-hydrogen) atoms. The van der Waals surface area contributed by atoms with E-state index in [1.807, 2.05) is 18.2 Å². The molecule has 0 unspecified atom stereocenters. The van der Waals surface area contributed by atoms with Crippen molar-refractivity contribution in [1.29, 1.82) is 5.41 Å². The van der Waals surface area contributed by atoms with Gasteiger partial charge in [-0.1, -0.05) is 25.3 Å². The average molecular weight is 275 g/mol. The molecule has 2 rings (SSSR count). The van der Waals surface area contributed by atoms with Crippen LogP contribution in [0.3, 0.4) is 0 Å². The van der Waals surface area contributed by atoms with Crippen molar-refractivity contribution in [3.8, 4) is 5.75 Å². The maximum absolute atomic E-state index is 7.54. The summed E-state index contributed by atoms with van der Waals surface area (Å²) in [5.74, 6) is 0.737. The van der Waals surface area contributed by atoms with Crippen LogP contribution in [0.1, 0.15) is 43.2 Å². The molecule has 0 atom stereocenters. The summed E-state index contributed by atoms with van der Waals surface area (Å²) >= 11 is 0. The molecule has 1 aromatic carbocycles. The molecule has 0 saturated heterocycles. The summed E-state index contributed by atoms with van der Waals surface area (Å²) in [4.78, 5) is 2.43. The number of ether oxygens (including phenoxy) is 1. The third-order valence-corrected chi connectivity index (χ3v) is 4.19. The minimum Gasteiger partial charge on any atom is -0.496 e. The zero-order valence-electron chi connectivity index (χ0n) is 12.5. The molecular formula is C16H25N3O. The zero-order chi connectivity index (χ0) is 14.5. The van der Waals surface area contributed by atoms with E-state index in [0.29, 0.717) is 17.4 Å². The number of nitrogens with one attached hydrogen (secondary N) is 1. The Kier molecular flexibility index (Phi) is 5.01. The molecule has 0 aliphatic heterocycles. The molecule has 0 heterocycles. The van der Waals surface area contributed by atoms with E-state index < -0.39 is 0 Å². The van der Waals surface area contributed by atoms with Gasteiger partial charge < -0.3 is 10.5 Å². The van der Waals surface area contributed by atoms with E-state index in [1.54, 1.807) is 7.11 Å². The third kappa shape index (κ3) is 3.51. The molecule has 0 amide bonds. The van der Waals surface area contributed by atoms with Gasteiger partial charge in [0.1, 0.15) is 11.6 Å². The first-order valence-corrected chi connectivity index (χ1v) is 7.33. The highest BCUT2D eigenvalue weighted by Gasteiger charge is 2.18. The summed E-state index contributed by atoms with van der Waals surface area (Å²) in [5, 5.41) is 7.54. The van der Waals surface area contributed by atoms with Crippen LogP contribution in [0, 0.1) is 5.41 Å². The lowest BCUT2D eigenvalue weighted by atomic mass is 9.94. The normalized spacial score (nSPS) is 16.4. The van der Waals surface area contributed by atoms with Gasteiger partial charge >= 0.3 is 0 Å². The Labute approximate surface area is 121 Å². The molecule has 0 spiro atoms. The van der Waals surface area contributed by atoms with Crippen molar-refractivity contribution in [2.24, 2.45) is 5.73 Å². The topological polar surface area (TPSA) is 62.3 Å². The first-order valence-electron chi connectivity index (χ1n) is 7.33. The fourth-order valence-corrected chi connectivity index (χ4v) is 3.00. The summed E-state index contributed by atoms with van der Waals surface area (Å²) in [6.07, 6.45) is 6.69. The average Bonchev–Trinajstić information content (AvgIpc) is 2.47. The molecule has 1 fully saturated rings. The number of hydrogen-bond acceptors (Lipinski definition) is 3. The molecule has 1 saturated carbocycles. The van der Waals surface area contributed by atoms with Crippen molar-refractivity contribution >= 4 is 5.84 Å². The van der Waals surface area contributed by atoms with E-state index in [2.05, 4.69) is 11.9 Å². The second kappa shape index (κ2) is 6.75. The second-order valence-corrected chi connectivity index (χ2v) is 5.66. The molecule has 3 N–H and O–H groups in total. The van der Waals surface area contributed by atoms with Gasteiger partial charge in [-0.3, -0.25) is 10.3 Å². The van der Waals surface area contributed by atoms with Crippen molar-refractivity contribution in [3.63, 3.8) is 0 Å². The summed E-state index contributed by atoms with van der Waals surface area (Å²) in [6.45, 7) is 0.916. The van der Waals surface area contributed by atoms with Gasteiger partial charge in [0.25, 0.3) is 0 Å². The van der Waals surface area contributed by atoms with Gasteiger partial charge in [0.2, 0.25) is 0 Å². The molecule has 0 aromatic heterocycles. The Balaban J connectivity index is 2.07. The number of hydrogen-bond donors (Lipinski definition) is 2. The van der Waals surface area contributed by atoms with Crippen LogP contribution in [0.5, 0.6) is 5.75 Å². The fraction of sp³-hybridized carbons (Fsp3) is 0.562. The highest BCUT2D eigenvalue weighted by Crippen LogP contribution is 2.25. The Hall–Kier alpha value is -1.55. The Morgan fingerprint density at radius 3 is 2.65 bits per heavy atom. The Morgan fingerprint density at radius 2 is 2.05 bits per heavy atom. The van der Waals surface area contributed by atoms with Crippen LogP contribution in [0.15, 0.2) is 18.2 Å². The van der Waals surface area contributed by atoms with Crippen LogP contribution in [0.2, 0.25) is 0 Å². The first-order chi connectivity index (χ1) is 9.61. The van der Waals surface area contributed by atoms with Gasteiger partial charge in [-0.2, -0.15) is 0 Å². The van der Waals surface area contributed by atoms with Gasteiger partial charge in [0, 0.05) is 12.6 Å². The predicted molar refractivity (Wildman–Crippen MR) is 82.4 cm³/mol. The lowest BCUT2D eigenvalue weighted by Crippen LogP contribution is -2.32. The van der Waals surface area contributed by atoms with Gasteiger partial charge in [-0.25, -0.2) is 0 Å². The third-order valence-electron chi connectivity index (χ3n) is 4.19. The monoisotopic (exact) mass is 275 g/mol. The number of nitrogens with zero attached hydrogens (tertiary/aromatic N) is 1. The van der Waals surface area contributed by atoms with Gasteiger partial charge in [-0.05, 0) is 37.6 Å². The lowest BCUT2D eigenvalue weighted by molar-refractivity contribution is 0.184. The van der Waals surface area contributed by atoms with Crippen LogP contribution < -0.4 is 10.5 Å². The van der Waals surface area contributed by atoms with E-state index in [-0.39, 0.29) is 5.84 Å². The molecule has 1 aliphatic carbocycles. The second-order valence-electron chi connectivity index (χ2n) is 5.66. The molecule has 1 aromatic rings. The Morgan fingerprint density at radius 1 is 1.35 bits per heavy atom. The molecule has 110 valence electrons. The molecule has 4 nitrogen and oxygen atoms in total. The summed E-state index contributed by atoms with van der Waals surface area (Å²) in [6, 6.07) is 6.61. The zero-order valence-corrected chi connectivity index (χ0v) is 12.5. The van der Waals surface area contributed by atoms with E-state index in [4.69, 9.17) is 15.9 Å². The first kappa shape index (κ1) is 14.9. The fourth-order valence-electron chi connectivity index (χ4n) is 3.00. The summed E-state index contributed by atoms with van der Waals surface area (Å²) in [5.41, 5.74) is 7.42. The number of rotatable bonds is 5. The number of methoxy groups -OCH3 is 1. The van der Waals surface area contributed by atoms with E-state index in [0.717, 1.165) is 6.54 Å². The molecular weight excluding hydrogens is 250 g/mol. The van der Waals surface area contributed by atoms with Crippen LogP contribution >= 0.6 is 0 Å². The largest absolute Gasteiger partial charge is 0.496 e. The van der Waals surface area contributed by atoms with Crippen LogP contribution in [0.25, 0.3) is 0 Å². The van der Waals surface area contributed by atoms with Gasteiger partial charge in [-0.15, -0.1) is 0 Å². The van der Waals surface area contributed by atoms with Crippen LogP contribution in [-0.2, 0) is 6.54 Å². The smallest absolute Gasteiger partial charge is 0.130 e. The minimum absolute atomic E-state index is 0.0500. The van der Waals surface area contributed by atoms with Crippen molar-refractivity contribution in [3.05, 3.63) is 29.3 Å². The quantitative estimate of drug-likeness (QED) is 0.641. The number of benzene rings is 1. The maximum Gasteiger partial charge on any atom is 0.130 e. The summed E-state index contributed by atoms with van der Waals surface area (Å²) < 4.78 is 5.33. The predicted octanol–water partition coefficient (Wildman–Crippen LogP) is 2.74. The Bertz CT molecular complexity index is 467. The van der Waals surface area contributed by atoms with Crippen molar-refractivity contribution < 1.29 is 4.74 Å². The standard InChI is InChI=1S/C16H25N3O/c1-19(13-6-4-3-5-7-13)11-12-8-9-14(16(17)18)15(10-12)20-2/h8-10,13H,3-7,11H2,1-2H3,(H3,17,18).